The van der Waals surface area contributed by atoms with E-state index < -0.39 is 0 Å². The first-order chi connectivity index (χ1) is 12.6. The number of benzene rings is 2. The maximum absolute atomic E-state index is 12.7. The molecule has 5 heteroatoms. The van der Waals surface area contributed by atoms with Crippen LogP contribution < -0.4 is 10.2 Å². The number of likely N-dealkylation sites (N-methyl/N-ethyl adjacent to an activating group) is 1. The minimum absolute atomic E-state index is 0.108. The molecule has 26 heavy (non-hydrogen) atoms. The molecule has 0 bridgehead atoms. The maximum atomic E-state index is 12.7. The Morgan fingerprint density at radius 2 is 1.73 bits per heavy atom. The molecule has 1 amide bonds. The fourth-order valence-corrected chi connectivity index (χ4v) is 3.45. The van der Waals surface area contributed by atoms with E-state index in [4.69, 9.17) is 11.6 Å². The SMILES string of the molecule is CCc1ccc(C(=O)Nc2cc(Cl)ccc2N2CCN(CC)CC2)cc1. The van der Waals surface area contributed by atoms with Crippen LogP contribution in [0, 0.1) is 0 Å². The average Bonchev–Trinajstić information content (AvgIpc) is 2.68. The van der Waals surface area contributed by atoms with Crippen LogP contribution in [0.3, 0.4) is 0 Å². The normalized spacial score (nSPS) is 15.1. The van der Waals surface area contributed by atoms with Crippen LogP contribution in [0.15, 0.2) is 42.5 Å². The summed E-state index contributed by atoms with van der Waals surface area (Å²) in [4.78, 5) is 17.4. The van der Waals surface area contributed by atoms with Crippen LogP contribution in [-0.4, -0.2) is 43.5 Å². The average molecular weight is 372 g/mol. The summed E-state index contributed by atoms with van der Waals surface area (Å²) >= 11 is 6.19. The van der Waals surface area contributed by atoms with Gasteiger partial charge in [-0.15, -0.1) is 0 Å². The number of halogens is 1. The lowest BCUT2D eigenvalue weighted by Gasteiger charge is -2.36. The van der Waals surface area contributed by atoms with Crippen LogP contribution >= 0.6 is 11.6 Å². The molecular weight excluding hydrogens is 346 g/mol. The first kappa shape index (κ1) is 18.7. The number of carbonyl (C=O) groups excluding carboxylic acids is 1. The summed E-state index contributed by atoms with van der Waals surface area (Å²) in [5, 5.41) is 3.67. The molecule has 2 aromatic rings. The van der Waals surface area contributed by atoms with Crippen LogP contribution in [0.2, 0.25) is 5.02 Å². The second-order valence-electron chi connectivity index (χ2n) is 6.59. The Morgan fingerprint density at radius 3 is 2.35 bits per heavy atom. The summed E-state index contributed by atoms with van der Waals surface area (Å²) in [5.41, 5.74) is 3.68. The lowest BCUT2D eigenvalue weighted by molar-refractivity contribution is 0.102. The van der Waals surface area contributed by atoms with Crippen LogP contribution in [0.1, 0.15) is 29.8 Å². The highest BCUT2D eigenvalue weighted by Gasteiger charge is 2.19. The fraction of sp³-hybridized carbons (Fsp3) is 0.381. The highest BCUT2D eigenvalue weighted by Crippen LogP contribution is 2.30. The molecule has 2 aromatic carbocycles. The Balaban J connectivity index is 1.78. The van der Waals surface area contributed by atoms with Gasteiger partial charge in [0.15, 0.2) is 0 Å². The predicted octanol–water partition coefficient (Wildman–Crippen LogP) is 4.30. The van der Waals surface area contributed by atoms with Gasteiger partial charge in [0.1, 0.15) is 0 Å². The zero-order chi connectivity index (χ0) is 18.5. The first-order valence-electron chi connectivity index (χ1n) is 9.28. The molecule has 1 N–H and O–H groups in total. The van der Waals surface area contributed by atoms with Crippen molar-refractivity contribution in [3.63, 3.8) is 0 Å². The predicted molar refractivity (Wildman–Crippen MR) is 110 cm³/mol. The number of anilines is 2. The molecular formula is C21H26ClN3O. The Labute approximate surface area is 160 Å². The van der Waals surface area contributed by atoms with E-state index in [2.05, 4.69) is 29.0 Å². The van der Waals surface area contributed by atoms with E-state index in [1.807, 2.05) is 42.5 Å². The third-order valence-corrected chi connectivity index (χ3v) is 5.23. The van der Waals surface area contributed by atoms with Crippen molar-refractivity contribution in [2.24, 2.45) is 0 Å². The second kappa shape index (κ2) is 8.56. The number of piperazine rings is 1. The number of hydrogen-bond donors (Lipinski definition) is 1. The van der Waals surface area contributed by atoms with Crippen LogP contribution in [0.25, 0.3) is 0 Å². The second-order valence-corrected chi connectivity index (χ2v) is 7.02. The Bertz CT molecular complexity index is 752. The summed E-state index contributed by atoms with van der Waals surface area (Å²) in [6.07, 6.45) is 0.962. The molecule has 3 rings (SSSR count). The van der Waals surface area contributed by atoms with Gasteiger partial charge in [0, 0.05) is 36.8 Å². The van der Waals surface area contributed by atoms with Crippen molar-refractivity contribution >= 4 is 28.9 Å². The van der Waals surface area contributed by atoms with Crippen molar-refractivity contribution in [1.82, 2.24) is 4.90 Å². The monoisotopic (exact) mass is 371 g/mol. The summed E-state index contributed by atoms with van der Waals surface area (Å²) in [7, 11) is 0. The largest absolute Gasteiger partial charge is 0.367 e. The van der Waals surface area contributed by atoms with Gasteiger partial charge in [0.05, 0.1) is 11.4 Å². The Kier molecular flexibility index (Phi) is 6.17. The minimum Gasteiger partial charge on any atom is -0.367 e. The Morgan fingerprint density at radius 1 is 1.04 bits per heavy atom. The molecule has 0 unspecified atom stereocenters. The number of aryl methyl sites for hydroxylation is 1. The van der Waals surface area contributed by atoms with Gasteiger partial charge in [-0.1, -0.05) is 37.6 Å². The van der Waals surface area contributed by atoms with Crippen molar-refractivity contribution in [3.8, 4) is 0 Å². The maximum Gasteiger partial charge on any atom is 0.255 e. The van der Waals surface area contributed by atoms with Crippen LogP contribution in [0.5, 0.6) is 0 Å². The molecule has 1 saturated heterocycles. The number of amides is 1. The van der Waals surface area contributed by atoms with Gasteiger partial charge < -0.3 is 15.1 Å². The molecule has 1 aliphatic heterocycles. The third kappa shape index (κ3) is 4.37. The van der Waals surface area contributed by atoms with E-state index >= 15 is 0 Å². The number of hydrogen-bond acceptors (Lipinski definition) is 3. The third-order valence-electron chi connectivity index (χ3n) is 4.99. The Hall–Kier alpha value is -2.04. The first-order valence-corrected chi connectivity index (χ1v) is 9.65. The molecule has 0 aromatic heterocycles. The van der Waals surface area contributed by atoms with Gasteiger partial charge in [0.25, 0.3) is 5.91 Å². The molecule has 0 radical (unpaired) electrons. The minimum atomic E-state index is -0.108. The van der Waals surface area contributed by atoms with Gasteiger partial charge in [0.2, 0.25) is 0 Å². The molecule has 0 saturated carbocycles. The lowest BCUT2D eigenvalue weighted by Crippen LogP contribution is -2.46. The van der Waals surface area contributed by atoms with Crippen molar-refractivity contribution in [1.29, 1.82) is 0 Å². The van der Waals surface area contributed by atoms with Crippen molar-refractivity contribution < 1.29 is 4.79 Å². The van der Waals surface area contributed by atoms with Crippen molar-refractivity contribution in [3.05, 3.63) is 58.6 Å². The highest BCUT2D eigenvalue weighted by atomic mass is 35.5. The molecule has 0 aliphatic carbocycles. The van der Waals surface area contributed by atoms with Crippen molar-refractivity contribution in [2.45, 2.75) is 20.3 Å². The van der Waals surface area contributed by atoms with Gasteiger partial charge in [-0.25, -0.2) is 0 Å². The van der Waals surface area contributed by atoms with E-state index in [0.717, 1.165) is 50.5 Å². The van der Waals surface area contributed by atoms with Crippen LogP contribution in [-0.2, 0) is 6.42 Å². The molecule has 0 atom stereocenters. The van der Waals surface area contributed by atoms with E-state index in [1.54, 1.807) is 0 Å². The smallest absolute Gasteiger partial charge is 0.255 e. The molecule has 4 nitrogen and oxygen atoms in total. The fourth-order valence-electron chi connectivity index (χ4n) is 3.28. The zero-order valence-corrected chi connectivity index (χ0v) is 16.2. The molecule has 1 aliphatic rings. The van der Waals surface area contributed by atoms with Gasteiger partial charge in [-0.2, -0.15) is 0 Å². The summed E-state index contributed by atoms with van der Waals surface area (Å²) in [6, 6.07) is 13.5. The van der Waals surface area contributed by atoms with E-state index in [9.17, 15) is 4.79 Å². The van der Waals surface area contributed by atoms with Gasteiger partial charge in [-0.05, 0) is 48.9 Å². The van der Waals surface area contributed by atoms with E-state index in [1.165, 1.54) is 5.56 Å². The number of rotatable bonds is 5. The number of nitrogens with one attached hydrogen (secondary N) is 1. The van der Waals surface area contributed by atoms with Crippen molar-refractivity contribution in [2.75, 3.05) is 42.9 Å². The highest BCUT2D eigenvalue weighted by molar-refractivity contribution is 6.31. The van der Waals surface area contributed by atoms with Crippen LogP contribution in [0.4, 0.5) is 11.4 Å². The summed E-state index contributed by atoms with van der Waals surface area (Å²) < 4.78 is 0. The molecule has 1 heterocycles. The molecule has 0 spiro atoms. The summed E-state index contributed by atoms with van der Waals surface area (Å²) in [5.74, 6) is -0.108. The molecule has 1 fully saturated rings. The zero-order valence-electron chi connectivity index (χ0n) is 15.5. The molecule has 138 valence electrons. The van der Waals surface area contributed by atoms with E-state index in [-0.39, 0.29) is 5.91 Å². The van der Waals surface area contributed by atoms with Gasteiger partial charge >= 0.3 is 0 Å². The van der Waals surface area contributed by atoms with Gasteiger partial charge in [-0.3, -0.25) is 4.79 Å². The quantitative estimate of drug-likeness (QED) is 0.851. The number of nitrogens with zero attached hydrogens (tertiary/aromatic N) is 2. The van der Waals surface area contributed by atoms with E-state index in [0.29, 0.717) is 10.6 Å². The standard InChI is InChI=1S/C21H26ClN3O/c1-3-16-5-7-17(8-6-16)21(26)23-19-15-18(22)9-10-20(19)25-13-11-24(4-2)12-14-25/h5-10,15H,3-4,11-14H2,1-2H3,(H,23,26). The topological polar surface area (TPSA) is 35.6 Å². The lowest BCUT2D eigenvalue weighted by atomic mass is 10.1. The summed E-state index contributed by atoms with van der Waals surface area (Å²) in [6.45, 7) is 9.33. The number of carbonyl (C=O) groups is 1.